The Morgan fingerprint density at radius 2 is 1.80 bits per heavy atom. The van der Waals surface area contributed by atoms with Gasteiger partial charge in [-0.05, 0) is 61.9 Å². The highest BCUT2D eigenvalue weighted by Crippen LogP contribution is 2.21. The van der Waals surface area contributed by atoms with Crippen molar-refractivity contribution in [3.8, 4) is 5.69 Å². The Morgan fingerprint density at radius 3 is 2.47 bits per heavy atom. The second-order valence-corrected chi connectivity index (χ2v) is 7.33. The van der Waals surface area contributed by atoms with Gasteiger partial charge in [-0.3, -0.25) is 9.59 Å². The number of aryl methyl sites for hydroxylation is 2. The van der Waals surface area contributed by atoms with Crippen LogP contribution in [-0.2, 0) is 0 Å². The Balaban J connectivity index is 1.77. The fourth-order valence-corrected chi connectivity index (χ4v) is 3.28. The van der Waals surface area contributed by atoms with Gasteiger partial charge in [0.1, 0.15) is 0 Å². The number of aromatic nitrogens is 6. The SMILES string of the molecule is Cc1ccc(NC(=O)c2nn(C(C)C)c(=O)c3ccccc23)cc1-n1nnnc1C. The predicted molar refractivity (Wildman–Crippen MR) is 113 cm³/mol. The normalized spacial score (nSPS) is 11.2. The molecule has 0 fully saturated rings. The lowest BCUT2D eigenvalue weighted by Gasteiger charge is -2.14. The van der Waals surface area contributed by atoms with E-state index in [1.165, 1.54) is 4.68 Å². The average molecular weight is 403 g/mol. The van der Waals surface area contributed by atoms with Crippen molar-refractivity contribution in [3.05, 3.63) is 69.9 Å². The fraction of sp³-hybridized carbons (Fsp3) is 0.238. The van der Waals surface area contributed by atoms with Crippen LogP contribution in [0.1, 0.15) is 41.8 Å². The molecule has 0 aliphatic heterocycles. The van der Waals surface area contributed by atoms with E-state index >= 15 is 0 Å². The summed E-state index contributed by atoms with van der Waals surface area (Å²) in [5, 5.41) is 19.8. The van der Waals surface area contributed by atoms with Crippen molar-refractivity contribution in [2.45, 2.75) is 33.7 Å². The molecule has 1 N–H and O–H groups in total. The molecular weight excluding hydrogens is 382 g/mol. The van der Waals surface area contributed by atoms with Gasteiger partial charge in [0.2, 0.25) is 0 Å². The van der Waals surface area contributed by atoms with E-state index in [1.54, 1.807) is 48.0 Å². The third kappa shape index (κ3) is 3.34. The van der Waals surface area contributed by atoms with Crippen molar-refractivity contribution in [1.82, 2.24) is 30.0 Å². The summed E-state index contributed by atoms with van der Waals surface area (Å²) in [5.74, 6) is 0.238. The quantitative estimate of drug-likeness (QED) is 0.561. The number of nitrogens with one attached hydrogen (secondary N) is 1. The molecule has 2 aromatic carbocycles. The van der Waals surface area contributed by atoms with Crippen LogP contribution in [0.4, 0.5) is 5.69 Å². The van der Waals surface area contributed by atoms with Crippen LogP contribution in [0, 0.1) is 13.8 Å². The molecule has 0 saturated heterocycles. The van der Waals surface area contributed by atoms with Crippen LogP contribution in [0.15, 0.2) is 47.3 Å². The first-order valence-corrected chi connectivity index (χ1v) is 9.55. The number of anilines is 1. The lowest BCUT2D eigenvalue weighted by Crippen LogP contribution is -2.28. The minimum atomic E-state index is -0.399. The van der Waals surface area contributed by atoms with Crippen molar-refractivity contribution in [2.75, 3.05) is 5.32 Å². The standard InChI is InChI=1S/C21H21N7O2/c1-12(2)27-21(30)17-8-6-5-7-16(17)19(24-27)20(29)22-15-10-9-13(3)18(11-15)28-14(4)23-25-26-28/h5-12H,1-4H3,(H,22,29). The second-order valence-electron chi connectivity index (χ2n) is 7.33. The van der Waals surface area contributed by atoms with Gasteiger partial charge in [-0.15, -0.1) is 5.10 Å². The molecule has 9 heteroatoms. The molecule has 2 heterocycles. The number of tetrazole rings is 1. The van der Waals surface area contributed by atoms with E-state index in [0.29, 0.717) is 22.3 Å². The number of fused-ring (bicyclic) bond motifs is 1. The first-order chi connectivity index (χ1) is 14.4. The molecule has 0 bridgehead atoms. The zero-order valence-electron chi connectivity index (χ0n) is 17.1. The molecule has 4 aromatic rings. The first-order valence-electron chi connectivity index (χ1n) is 9.55. The van der Waals surface area contributed by atoms with E-state index in [-0.39, 0.29) is 17.3 Å². The van der Waals surface area contributed by atoms with Gasteiger partial charge in [0, 0.05) is 11.1 Å². The summed E-state index contributed by atoms with van der Waals surface area (Å²) in [4.78, 5) is 25.8. The molecule has 0 aliphatic carbocycles. The van der Waals surface area contributed by atoms with Crippen molar-refractivity contribution < 1.29 is 4.79 Å². The molecule has 4 rings (SSSR count). The molecule has 9 nitrogen and oxygen atoms in total. The summed E-state index contributed by atoms with van der Waals surface area (Å²) in [6, 6.07) is 12.3. The lowest BCUT2D eigenvalue weighted by molar-refractivity contribution is 0.102. The highest BCUT2D eigenvalue weighted by Gasteiger charge is 2.18. The van der Waals surface area contributed by atoms with E-state index in [2.05, 4.69) is 25.9 Å². The molecule has 2 aromatic heterocycles. The molecule has 1 amide bonds. The Morgan fingerprint density at radius 1 is 1.07 bits per heavy atom. The van der Waals surface area contributed by atoms with Crippen LogP contribution in [0.5, 0.6) is 0 Å². The topological polar surface area (TPSA) is 108 Å². The molecule has 152 valence electrons. The molecule has 0 spiro atoms. The van der Waals surface area contributed by atoms with Gasteiger partial charge in [-0.1, -0.05) is 24.3 Å². The number of carbonyl (C=O) groups is 1. The van der Waals surface area contributed by atoms with Crippen LogP contribution in [0.2, 0.25) is 0 Å². The molecule has 30 heavy (non-hydrogen) atoms. The van der Waals surface area contributed by atoms with Crippen molar-refractivity contribution >= 4 is 22.4 Å². The number of benzene rings is 2. The van der Waals surface area contributed by atoms with Gasteiger partial charge < -0.3 is 5.32 Å². The number of nitrogens with zero attached hydrogens (tertiary/aromatic N) is 6. The minimum absolute atomic E-state index is 0.178. The third-order valence-corrected chi connectivity index (χ3v) is 4.85. The predicted octanol–water partition coefficient (Wildman–Crippen LogP) is 2.82. The lowest BCUT2D eigenvalue weighted by atomic mass is 10.1. The molecule has 0 saturated carbocycles. The van der Waals surface area contributed by atoms with Crippen molar-refractivity contribution in [2.24, 2.45) is 0 Å². The van der Waals surface area contributed by atoms with Crippen LogP contribution in [-0.4, -0.2) is 35.9 Å². The fourth-order valence-electron chi connectivity index (χ4n) is 3.28. The number of amides is 1. The Hall–Kier alpha value is -3.88. The summed E-state index contributed by atoms with van der Waals surface area (Å²) >= 11 is 0. The van der Waals surface area contributed by atoms with Crippen LogP contribution in [0.25, 0.3) is 16.5 Å². The zero-order chi connectivity index (χ0) is 21.4. The smallest absolute Gasteiger partial charge is 0.276 e. The van der Waals surface area contributed by atoms with Gasteiger partial charge in [0.15, 0.2) is 11.5 Å². The highest BCUT2D eigenvalue weighted by atomic mass is 16.2. The van der Waals surface area contributed by atoms with Crippen LogP contribution < -0.4 is 10.9 Å². The maximum atomic E-state index is 13.1. The summed E-state index contributed by atoms with van der Waals surface area (Å²) < 4.78 is 2.94. The molecule has 0 radical (unpaired) electrons. The second kappa shape index (κ2) is 7.51. The summed E-state index contributed by atoms with van der Waals surface area (Å²) in [6.07, 6.45) is 0. The van der Waals surface area contributed by atoms with Gasteiger partial charge in [-0.2, -0.15) is 9.78 Å². The molecular formula is C21H21N7O2. The number of hydrogen-bond acceptors (Lipinski definition) is 6. The van der Waals surface area contributed by atoms with E-state index < -0.39 is 5.91 Å². The first kappa shape index (κ1) is 19.4. The van der Waals surface area contributed by atoms with Crippen LogP contribution >= 0.6 is 0 Å². The summed E-state index contributed by atoms with van der Waals surface area (Å²) in [6.45, 7) is 7.45. The number of rotatable bonds is 4. The number of carbonyl (C=O) groups excluding carboxylic acids is 1. The Bertz CT molecular complexity index is 1320. The van der Waals surface area contributed by atoms with Gasteiger partial charge in [-0.25, -0.2) is 4.68 Å². The Kier molecular flexibility index (Phi) is 4.86. The van der Waals surface area contributed by atoms with Gasteiger partial charge >= 0.3 is 0 Å². The van der Waals surface area contributed by atoms with Crippen LogP contribution in [0.3, 0.4) is 0 Å². The van der Waals surface area contributed by atoms with Crippen molar-refractivity contribution in [1.29, 1.82) is 0 Å². The maximum Gasteiger partial charge on any atom is 0.276 e. The van der Waals surface area contributed by atoms with Gasteiger partial charge in [0.05, 0.1) is 17.1 Å². The van der Waals surface area contributed by atoms with E-state index in [0.717, 1.165) is 11.3 Å². The summed E-state index contributed by atoms with van der Waals surface area (Å²) in [5.41, 5.74) is 2.27. The van der Waals surface area contributed by atoms with E-state index in [9.17, 15) is 9.59 Å². The molecule has 0 aliphatic rings. The number of hydrogen-bond donors (Lipinski definition) is 1. The zero-order valence-corrected chi connectivity index (χ0v) is 17.1. The monoisotopic (exact) mass is 403 g/mol. The molecule has 0 unspecified atom stereocenters. The largest absolute Gasteiger partial charge is 0.321 e. The van der Waals surface area contributed by atoms with Crippen molar-refractivity contribution in [3.63, 3.8) is 0 Å². The van der Waals surface area contributed by atoms with E-state index in [1.807, 2.05) is 26.8 Å². The summed E-state index contributed by atoms with van der Waals surface area (Å²) in [7, 11) is 0. The third-order valence-electron chi connectivity index (χ3n) is 4.85. The highest BCUT2D eigenvalue weighted by molar-refractivity contribution is 6.11. The maximum absolute atomic E-state index is 13.1. The minimum Gasteiger partial charge on any atom is -0.321 e. The average Bonchev–Trinajstić information content (AvgIpc) is 3.15. The van der Waals surface area contributed by atoms with Gasteiger partial charge in [0.25, 0.3) is 11.5 Å². The van der Waals surface area contributed by atoms with E-state index in [4.69, 9.17) is 0 Å². The molecule has 0 atom stereocenters. The Labute approximate surface area is 172 Å².